The summed E-state index contributed by atoms with van der Waals surface area (Å²) in [4.78, 5) is 21.6. The number of carbonyl (C=O) groups is 2. The van der Waals surface area contributed by atoms with E-state index in [1.807, 2.05) is 6.07 Å². The van der Waals surface area contributed by atoms with Crippen LogP contribution in [0.4, 0.5) is 0 Å². The van der Waals surface area contributed by atoms with E-state index < -0.39 is 26.3 Å². The summed E-state index contributed by atoms with van der Waals surface area (Å²) in [6, 6.07) is 8.92. The molecule has 5 heteroatoms. The molecule has 4 nitrogen and oxygen atoms in total. The molecule has 0 unspecified atom stereocenters. The summed E-state index contributed by atoms with van der Waals surface area (Å²) in [6.07, 6.45) is 0. The zero-order valence-corrected chi connectivity index (χ0v) is 9.18. The molecule has 0 aromatic heterocycles. The van der Waals surface area contributed by atoms with Crippen LogP contribution in [0.15, 0.2) is 30.3 Å². The molecule has 0 aliphatic rings. The van der Waals surface area contributed by atoms with Crippen molar-refractivity contribution in [2.45, 2.75) is 12.1 Å². The van der Waals surface area contributed by atoms with Crippen LogP contribution in [0.3, 0.4) is 0 Å². The predicted octanol–water partition coefficient (Wildman–Crippen LogP) is 0.558. The predicted molar refractivity (Wildman–Crippen MR) is 56.7 cm³/mol. The normalized spacial score (nSPS) is 10.6. The van der Waals surface area contributed by atoms with Crippen LogP contribution in [-0.2, 0) is 9.59 Å². The molecule has 1 aromatic rings. The van der Waals surface area contributed by atoms with E-state index in [9.17, 15) is 9.59 Å². The van der Waals surface area contributed by atoms with Gasteiger partial charge in [-0.25, -0.2) is 0 Å². The fraction of sp³-hybridized carbons (Fsp3) is 0.200. The lowest BCUT2D eigenvalue weighted by Gasteiger charge is -2.14. The molecule has 0 atom stereocenters. The third-order valence-electron chi connectivity index (χ3n) is 2.16. The molecule has 0 spiro atoms. The van der Waals surface area contributed by atoms with Gasteiger partial charge >= 0.3 is 11.9 Å². The first-order valence-electron chi connectivity index (χ1n) is 4.38. The summed E-state index contributed by atoms with van der Waals surface area (Å²) in [5, 5.41) is 18.5. The molecular weight excluding hydrogens is 212 g/mol. The van der Waals surface area contributed by atoms with E-state index in [1.165, 1.54) is 0 Å². The van der Waals surface area contributed by atoms with E-state index in [4.69, 9.17) is 10.2 Å². The van der Waals surface area contributed by atoms with Gasteiger partial charge in [0, 0.05) is 0 Å². The van der Waals surface area contributed by atoms with Gasteiger partial charge in [-0.1, -0.05) is 42.1 Å². The van der Waals surface area contributed by atoms with Gasteiger partial charge in [0.2, 0.25) is 0 Å². The lowest BCUT2D eigenvalue weighted by Crippen LogP contribution is -2.39. The topological polar surface area (TPSA) is 74.6 Å². The minimum absolute atomic E-state index is 0.817. The van der Waals surface area contributed by atoms with Crippen molar-refractivity contribution >= 4 is 25.9 Å². The Hall–Kier alpha value is -1.62. The van der Waals surface area contributed by atoms with Crippen LogP contribution in [0.25, 0.3) is 0 Å². The maximum atomic E-state index is 10.8. The largest absolute Gasteiger partial charge is 0.481 e. The van der Waals surface area contributed by atoms with E-state index in [0.717, 1.165) is 5.19 Å². The number of carboxylic acid groups (broad SMARTS) is 2. The Balaban J connectivity index is 2.96. The van der Waals surface area contributed by atoms with Gasteiger partial charge in [0.05, 0.1) is 0 Å². The highest BCUT2D eigenvalue weighted by atomic mass is 28.3. The van der Waals surface area contributed by atoms with Crippen molar-refractivity contribution < 1.29 is 19.8 Å². The smallest absolute Gasteiger partial charge is 0.315 e. The summed E-state index contributed by atoms with van der Waals surface area (Å²) in [7, 11) is -1.60. The molecule has 79 valence electrons. The van der Waals surface area contributed by atoms with Crippen LogP contribution >= 0.6 is 0 Å². The van der Waals surface area contributed by atoms with E-state index in [2.05, 4.69) is 0 Å². The average molecular weight is 223 g/mol. The molecule has 2 N–H and O–H groups in total. The Kier molecular flexibility index (Phi) is 3.62. The molecule has 0 aliphatic carbocycles. The van der Waals surface area contributed by atoms with Crippen LogP contribution in [-0.4, -0.2) is 30.9 Å². The van der Waals surface area contributed by atoms with Gasteiger partial charge in [-0.2, -0.15) is 0 Å². The number of hydrogen-bond donors (Lipinski definition) is 2. The van der Waals surface area contributed by atoms with E-state index in [0.29, 0.717) is 0 Å². The van der Waals surface area contributed by atoms with Gasteiger partial charge in [-0.3, -0.25) is 9.59 Å². The molecule has 0 saturated carbocycles. The first-order valence-corrected chi connectivity index (χ1v) is 6.46. The zero-order chi connectivity index (χ0) is 11.4. The Morgan fingerprint density at radius 2 is 1.60 bits per heavy atom. The molecule has 0 bridgehead atoms. The van der Waals surface area contributed by atoms with Crippen LogP contribution in [0.2, 0.25) is 12.1 Å². The fourth-order valence-corrected chi connectivity index (χ4v) is 3.14. The summed E-state index contributed by atoms with van der Waals surface area (Å²) in [5.74, 6) is -2.52. The summed E-state index contributed by atoms with van der Waals surface area (Å²) in [6.45, 7) is 1.70. The maximum Gasteiger partial charge on any atom is 0.315 e. The first kappa shape index (κ1) is 11.5. The van der Waals surface area contributed by atoms with Crippen molar-refractivity contribution in [3.05, 3.63) is 30.3 Å². The standard InChI is InChI=1S/C10H11O4Si/c1-15(7-5-3-2-4-6-7)8(9(11)12)10(13)14/h2-6,8H,1H3,(H,11,12)(H,13,14). The van der Waals surface area contributed by atoms with E-state index >= 15 is 0 Å². The molecule has 1 aromatic carbocycles. The minimum atomic E-state index is -1.60. The van der Waals surface area contributed by atoms with Crippen molar-refractivity contribution in [1.29, 1.82) is 0 Å². The van der Waals surface area contributed by atoms with Crippen molar-refractivity contribution in [2.75, 3.05) is 0 Å². The second-order valence-corrected chi connectivity index (χ2v) is 5.68. The summed E-state index contributed by atoms with van der Waals surface area (Å²) < 4.78 is 0. The fourth-order valence-electron chi connectivity index (χ4n) is 1.34. The SMILES string of the molecule is C[Si](c1ccccc1)C(C(=O)O)C(=O)O. The Bertz CT molecular complexity index is 349. The number of hydrogen-bond acceptors (Lipinski definition) is 2. The number of rotatable bonds is 4. The maximum absolute atomic E-state index is 10.8. The van der Waals surface area contributed by atoms with Crippen molar-refractivity contribution in [1.82, 2.24) is 0 Å². The highest BCUT2D eigenvalue weighted by Crippen LogP contribution is 2.11. The summed E-state index contributed by atoms with van der Waals surface area (Å²) in [5.41, 5.74) is -1.29. The van der Waals surface area contributed by atoms with Crippen LogP contribution in [0.1, 0.15) is 0 Å². The van der Waals surface area contributed by atoms with Gasteiger partial charge in [-0.15, -0.1) is 0 Å². The van der Waals surface area contributed by atoms with Gasteiger partial charge in [0.1, 0.15) is 14.3 Å². The van der Waals surface area contributed by atoms with E-state index in [1.54, 1.807) is 30.8 Å². The summed E-state index contributed by atoms with van der Waals surface area (Å²) >= 11 is 0. The van der Waals surface area contributed by atoms with Crippen LogP contribution in [0.5, 0.6) is 0 Å². The average Bonchev–Trinajstić information content (AvgIpc) is 2.18. The number of benzene rings is 1. The van der Waals surface area contributed by atoms with Gasteiger partial charge in [0.15, 0.2) is 0 Å². The molecule has 0 saturated heterocycles. The molecule has 0 heterocycles. The van der Waals surface area contributed by atoms with Gasteiger partial charge in [-0.05, 0) is 0 Å². The third kappa shape index (κ3) is 2.66. The Morgan fingerprint density at radius 1 is 1.13 bits per heavy atom. The second-order valence-electron chi connectivity index (χ2n) is 3.16. The molecule has 1 radical (unpaired) electrons. The first-order chi connectivity index (χ1) is 7.04. The highest BCUT2D eigenvalue weighted by molar-refractivity contribution is 6.79. The molecular formula is C10H11O4Si. The van der Waals surface area contributed by atoms with Crippen molar-refractivity contribution in [3.8, 4) is 0 Å². The lowest BCUT2D eigenvalue weighted by molar-refractivity contribution is -0.147. The van der Waals surface area contributed by atoms with Crippen molar-refractivity contribution in [2.24, 2.45) is 0 Å². The molecule has 1 rings (SSSR count). The number of carboxylic acids is 2. The minimum Gasteiger partial charge on any atom is -0.481 e. The Labute approximate surface area is 88.8 Å². The van der Waals surface area contributed by atoms with Gasteiger partial charge in [0.25, 0.3) is 0 Å². The Morgan fingerprint density at radius 3 is 2.00 bits per heavy atom. The quantitative estimate of drug-likeness (QED) is 0.577. The van der Waals surface area contributed by atoms with Crippen LogP contribution < -0.4 is 5.19 Å². The third-order valence-corrected chi connectivity index (χ3v) is 4.76. The van der Waals surface area contributed by atoms with Crippen LogP contribution in [0, 0.1) is 0 Å². The second kappa shape index (κ2) is 4.74. The molecule has 15 heavy (non-hydrogen) atoms. The van der Waals surface area contributed by atoms with E-state index in [-0.39, 0.29) is 0 Å². The lowest BCUT2D eigenvalue weighted by atomic mass is 10.4. The van der Waals surface area contributed by atoms with Crippen molar-refractivity contribution in [3.63, 3.8) is 0 Å². The van der Waals surface area contributed by atoms with Gasteiger partial charge < -0.3 is 10.2 Å². The number of aliphatic carboxylic acids is 2. The zero-order valence-electron chi connectivity index (χ0n) is 8.18. The monoisotopic (exact) mass is 223 g/mol. The molecule has 0 aliphatic heterocycles. The molecule has 0 fully saturated rings. The highest BCUT2D eigenvalue weighted by Gasteiger charge is 2.34. The molecule has 0 amide bonds.